The van der Waals surface area contributed by atoms with Crippen LogP contribution in [-0.4, -0.2) is 20.9 Å². The van der Waals surface area contributed by atoms with E-state index in [9.17, 15) is 13.2 Å². The molecular weight excluding hydrogens is 464 g/mol. The van der Waals surface area contributed by atoms with Crippen LogP contribution in [0.2, 0.25) is 0 Å². The lowest BCUT2D eigenvalue weighted by molar-refractivity contribution is 0.103. The number of rotatable bonds is 8. The van der Waals surface area contributed by atoms with Crippen molar-refractivity contribution in [2.24, 2.45) is 0 Å². The van der Waals surface area contributed by atoms with E-state index in [2.05, 4.69) is 12.2 Å². The minimum atomic E-state index is -3.70. The van der Waals surface area contributed by atoms with E-state index in [4.69, 9.17) is 0 Å². The van der Waals surface area contributed by atoms with E-state index in [0.29, 0.717) is 23.5 Å². The molecule has 0 bridgehead atoms. The van der Waals surface area contributed by atoms with Gasteiger partial charge in [0.05, 0.1) is 15.5 Å². The molecule has 0 aliphatic heterocycles. The molecule has 1 aromatic heterocycles. The molecule has 4 aromatic rings. The predicted molar refractivity (Wildman–Crippen MR) is 142 cm³/mol. The number of benzene rings is 3. The van der Waals surface area contributed by atoms with Crippen molar-refractivity contribution < 1.29 is 13.2 Å². The first kappa shape index (κ1) is 24.0. The predicted octanol–water partition coefficient (Wildman–Crippen LogP) is 6.63. The first-order valence-corrected chi connectivity index (χ1v) is 13.6. The first-order valence-electron chi connectivity index (χ1n) is 11.3. The van der Waals surface area contributed by atoms with Crippen molar-refractivity contribution in [3.8, 4) is 0 Å². The summed E-state index contributed by atoms with van der Waals surface area (Å²) < 4.78 is 29.2. The monoisotopic (exact) mass is 492 g/mol. The molecule has 0 fully saturated rings. The highest BCUT2D eigenvalue weighted by molar-refractivity contribution is 7.92. The van der Waals surface area contributed by atoms with Gasteiger partial charge in [-0.15, -0.1) is 11.3 Å². The fraction of sp³-hybridized carbons (Fsp3) is 0.222. The van der Waals surface area contributed by atoms with Crippen molar-refractivity contribution in [3.63, 3.8) is 0 Å². The summed E-state index contributed by atoms with van der Waals surface area (Å²) in [5, 5.41) is 3.79. The van der Waals surface area contributed by atoms with Gasteiger partial charge < -0.3 is 5.32 Å². The lowest BCUT2D eigenvalue weighted by Gasteiger charge is -2.24. The Morgan fingerprint density at radius 2 is 1.65 bits per heavy atom. The van der Waals surface area contributed by atoms with E-state index in [1.54, 1.807) is 24.3 Å². The molecule has 1 heterocycles. The van der Waals surface area contributed by atoms with Crippen molar-refractivity contribution >= 4 is 48.7 Å². The lowest BCUT2D eigenvalue weighted by atomic mass is 10.1. The van der Waals surface area contributed by atoms with Crippen LogP contribution in [-0.2, 0) is 16.4 Å². The van der Waals surface area contributed by atoms with E-state index in [0.717, 1.165) is 27.8 Å². The third-order valence-corrected chi connectivity index (χ3v) is 8.62. The molecule has 1 amide bonds. The maximum absolute atomic E-state index is 13.4. The van der Waals surface area contributed by atoms with Gasteiger partial charge in [0.15, 0.2) is 0 Å². The summed E-state index contributed by atoms with van der Waals surface area (Å²) in [5.41, 5.74) is 3.56. The number of hydrogen-bond acceptors (Lipinski definition) is 4. The summed E-state index contributed by atoms with van der Waals surface area (Å²) >= 11 is 1.39. The molecule has 7 heteroatoms. The Balaban J connectivity index is 1.62. The van der Waals surface area contributed by atoms with Crippen molar-refractivity contribution in [1.82, 2.24) is 0 Å². The SMILES string of the molecule is CCCN(c1ccc2sc(C(=O)Nc3ccc(CC)cc3)cc2c1)S(=O)(=O)c1ccc(C)cc1. The minimum absolute atomic E-state index is 0.176. The van der Waals surface area contributed by atoms with E-state index >= 15 is 0 Å². The molecule has 3 aromatic carbocycles. The summed E-state index contributed by atoms with van der Waals surface area (Å²) in [4.78, 5) is 13.7. The van der Waals surface area contributed by atoms with Crippen LogP contribution in [0.4, 0.5) is 11.4 Å². The number of thiophene rings is 1. The Morgan fingerprint density at radius 1 is 0.941 bits per heavy atom. The third-order valence-electron chi connectivity index (χ3n) is 5.67. The highest BCUT2D eigenvalue weighted by Crippen LogP contribution is 2.32. The number of sulfonamides is 1. The first-order chi connectivity index (χ1) is 16.3. The molecule has 0 atom stereocenters. The number of amides is 1. The Hall–Kier alpha value is -3.16. The lowest BCUT2D eigenvalue weighted by Crippen LogP contribution is -2.31. The fourth-order valence-corrected chi connectivity index (χ4v) is 6.23. The molecule has 0 aliphatic carbocycles. The van der Waals surface area contributed by atoms with Crippen molar-refractivity contribution in [2.75, 3.05) is 16.2 Å². The Labute approximate surface area is 205 Å². The van der Waals surface area contributed by atoms with Crippen LogP contribution in [0.1, 0.15) is 41.1 Å². The molecule has 5 nitrogen and oxygen atoms in total. The molecule has 1 N–H and O–H groups in total. The van der Waals surface area contributed by atoms with Crippen LogP contribution in [0.15, 0.2) is 77.7 Å². The number of aryl methyl sites for hydroxylation is 2. The number of nitrogens with zero attached hydrogens (tertiary/aromatic N) is 1. The van der Waals surface area contributed by atoms with Crippen LogP contribution in [0, 0.1) is 6.92 Å². The second-order valence-electron chi connectivity index (χ2n) is 8.23. The van der Waals surface area contributed by atoms with Gasteiger partial charge in [-0.2, -0.15) is 0 Å². The van der Waals surface area contributed by atoms with Gasteiger partial charge in [0.1, 0.15) is 0 Å². The molecule has 0 saturated carbocycles. The topological polar surface area (TPSA) is 66.5 Å². The van der Waals surface area contributed by atoms with Crippen LogP contribution < -0.4 is 9.62 Å². The Morgan fingerprint density at radius 3 is 2.29 bits per heavy atom. The second-order valence-corrected chi connectivity index (χ2v) is 11.2. The number of carbonyl (C=O) groups is 1. The second kappa shape index (κ2) is 9.99. The molecule has 0 unspecified atom stereocenters. The Bertz CT molecular complexity index is 1410. The zero-order chi connectivity index (χ0) is 24.3. The third kappa shape index (κ3) is 5.00. The van der Waals surface area contributed by atoms with Gasteiger partial charge in [0.25, 0.3) is 15.9 Å². The van der Waals surface area contributed by atoms with Gasteiger partial charge in [-0.3, -0.25) is 9.10 Å². The van der Waals surface area contributed by atoms with Gasteiger partial charge in [0.2, 0.25) is 0 Å². The number of anilines is 2. The van der Waals surface area contributed by atoms with Gasteiger partial charge in [-0.1, -0.05) is 43.7 Å². The summed E-state index contributed by atoms with van der Waals surface area (Å²) in [7, 11) is -3.70. The number of hydrogen-bond donors (Lipinski definition) is 1. The van der Waals surface area contributed by atoms with Crippen molar-refractivity contribution in [1.29, 1.82) is 0 Å². The summed E-state index contributed by atoms with van der Waals surface area (Å²) in [6.45, 7) is 6.34. The van der Waals surface area contributed by atoms with Gasteiger partial charge in [0, 0.05) is 16.9 Å². The number of carbonyl (C=O) groups excluding carboxylic acids is 1. The van der Waals surface area contributed by atoms with E-state index in [-0.39, 0.29) is 10.8 Å². The standard InChI is InChI=1S/C27H28N2O3S2/c1-4-16-29(34(31,32)24-13-6-19(3)7-14-24)23-12-15-25-21(17-23)18-26(33-25)27(30)28-22-10-8-20(5-2)9-11-22/h6-15,17-18H,4-5,16H2,1-3H3,(H,28,30). The van der Waals surface area contributed by atoms with Gasteiger partial charge in [-0.05, 0) is 79.2 Å². The largest absolute Gasteiger partial charge is 0.321 e. The highest BCUT2D eigenvalue weighted by atomic mass is 32.2. The molecule has 0 aliphatic rings. The molecule has 0 saturated heterocycles. The minimum Gasteiger partial charge on any atom is -0.321 e. The maximum atomic E-state index is 13.4. The summed E-state index contributed by atoms with van der Waals surface area (Å²) in [6.07, 6.45) is 1.62. The molecule has 0 radical (unpaired) electrons. The molecular formula is C27H28N2O3S2. The van der Waals surface area contributed by atoms with Gasteiger partial charge in [-0.25, -0.2) is 8.42 Å². The van der Waals surface area contributed by atoms with E-state index < -0.39 is 10.0 Å². The molecule has 0 spiro atoms. The average Bonchev–Trinajstić information content (AvgIpc) is 3.27. The van der Waals surface area contributed by atoms with Crippen LogP contribution in [0.3, 0.4) is 0 Å². The number of fused-ring (bicyclic) bond motifs is 1. The van der Waals surface area contributed by atoms with Gasteiger partial charge >= 0.3 is 0 Å². The van der Waals surface area contributed by atoms with E-state index in [1.807, 2.05) is 62.4 Å². The zero-order valence-corrected chi connectivity index (χ0v) is 21.2. The molecule has 4 rings (SSSR count). The maximum Gasteiger partial charge on any atom is 0.265 e. The van der Waals surface area contributed by atoms with Crippen LogP contribution >= 0.6 is 11.3 Å². The van der Waals surface area contributed by atoms with Crippen molar-refractivity contribution in [2.45, 2.75) is 38.5 Å². The molecule has 176 valence electrons. The number of nitrogens with one attached hydrogen (secondary N) is 1. The van der Waals surface area contributed by atoms with Crippen LogP contribution in [0.25, 0.3) is 10.1 Å². The smallest absolute Gasteiger partial charge is 0.265 e. The highest BCUT2D eigenvalue weighted by Gasteiger charge is 2.25. The van der Waals surface area contributed by atoms with Crippen LogP contribution in [0.5, 0.6) is 0 Å². The van der Waals surface area contributed by atoms with Crippen molar-refractivity contribution in [3.05, 3.63) is 88.8 Å². The summed E-state index contributed by atoms with van der Waals surface area (Å²) in [5.74, 6) is -0.176. The Kier molecular flexibility index (Phi) is 7.05. The molecule has 34 heavy (non-hydrogen) atoms. The zero-order valence-electron chi connectivity index (χ0n) is 19.5. The summed E-state index contributed by atoms with van der Waals surface area (Å²) in [6, 6.07) is 22.1. The fourth-order valence-electron chi connectivity index (χ4n) is 3.74. The van der Waals surface area contributed by atoms with E-state index in [1.165, 1.54) is 21.2 Å². The quantitative estimate of drug-likeness (QED) is 0.300. The average molecular weight is 493 g/mol. The normalized spacial score (nSPS) is 11.5.